The molecule has 0 spiro atoms. The Bertz CT molecular complexity index is 444. The third-order valence-electron chi connectivity index (χ3n) is 1.30. The molecule has 0 saturated heterocycles. The molecule has 2 aromatic heterocycles. The maximum atomic E-state index is 5.46. The summed E-state index contributed by atoms with van der Waals surface area (Å²) in [5.74, 6) is 0. The van der Waals surface area contributed by atoms with Crippen LogP contribution >= 0.6 is 12.2 Å². The smallest absolute Gasteiger partial charge is 0.268 e. The van der Waals surface area contributed by atoms with Gasteiger partial charge in [-0.25, -0.2) is 4.98 Å². The first kappa shape index (κ1) is 6.36. The van der Waals surface area contributed by atoms with E-state index in [0.29, 0.717) is 21.8 Å². The molecule has 2 rings (SSSR count). The molecule has 0 bridgehead atoms. The van der Waals surface area contributed by atoms with Gasteiger partial charge in [0, 0.05) is 6.07 Å². The second kappa shape index (κ2) is 2.06. The van der Waals surface area contributed by atoms with E-state index in [1.165, 1.54) is 0 Å². The minimum absolute atomic E-state index is 0.318. The van der Waals surface area contributed by atoms with E-state index < -0.39 is 0 Å². The van der Waals surface area contributed by atoms with Crippen LogP contribution in [-0.4, -0.2) is 9.97 Å². The Balaban J connectivity index is 2.92. The van der Waals surface area contributed by atoms with Gasteiger partial charge in [-0.05, 0) is 12.2 Å². The highest BCUT2D eigenvalue weighted by atomic mass is 32.1. The Morgan fingerprint density at radius 2 is 2.45 bits per heavy atom. The number of H-pyrrole nitrogens is 1. The first-order chi connectivity index (χ1) is 5.25. The summed E-state index contributed by atoms with van der Waals surface area (Å²) in [6, 6.07) is 1.68. The topological polar surface area (TPSA) is 67.8 Å². The fourth-order valence-electron chi connectivity index (χ4n) is 0.853. The van der Waals surface area contributed by atoms with Gasteiger partial charge >= 0.3 is 0 Å². The van der Waals surface area contributed by atoms with Crippen molar-refractivity contribution >= 4 is 29.1 Å². The highest BCUT2D eigenvalue weighted by molar-refractivity contribution is 7.71. The second-order valence-corrected chi connectivity index (χ2v) is 2.50. The quantitative estimate of drug-likeness (QED) is 0.583. The predicted octanol–water partition coefficient (Wildman–Crippen LogP) is 1.47. The first-order valence-electron chi connectivity index (χ1n) is 3.00. The maximum absolute atomic E-state index is 5.46. The van der Waals surface area contributed by atoms with Crippen LogP contribution in [0.2, 0.25) is 0 Å². The van der Waals surface area contributed by atoms with E-state index >= 15 is 0 Å². The lowest BCUT2D eigenvalue weighted by molar-refractivity contribution is 0.583. The number of rotatable bonds is 0. The SMILES string of the molecule is Nc1cnc2[nH]c(=S)oc2c1. The molecule has 0 aliphatic rings. The van der Waals surface area contributed by atoms with Gasteiger partial charge in [0.05, 0.1) is 11.9 Å². The van der Waals surface area contributed by atoms with Crippen molar-refractivity contribution in [1.29, 1.82) is 0 Å². The summed E-state index contributed by atoms with van der Waals surface area (Å²) in [6.07, 6.45) is 1.54. The highest BCUT2D eigenvalue weighted by Crippen LogP contribution is 2.12. The van der Waals surface area contributed by atoms with Gasteiger partial charge in [-0.2, -0.15) is 0 Å². The lowest BCUT2D eigenvalue weighted by Crippen LogP contribution is -1.84. The van der Waals surface area contributed by atoms with Gasteiger partial charge in [0.15, 0.2) is 11.2 Å². The van der Waals surface area contributed by atoms with Crippen molar-refractivity contribution in [3.05, 3.63) is 17.1 Å². The molecule has 0 radical (unpaired) electrons. The van der Waals surface area contributed by atoms with Crippen molar-refractivity contribution in [1.82, 2.24) is 9.97 Å². The number of anilines is 1. The van der Waals surface area contributed by atoms with Crippen LogP contribution in [0.25, 0.3) is 11.2 Å². The van der Waals surface area contributed by atoms with E-state index in [2.05, 4.69) is 9.97 Å². The van der Waals surface area contributed by atoms with E-state index in [1.54, 1.807) is 12.3 Å². The van der Waals surface area contributed by atoms with Crippen molar-refractivity contribution < 1.29 is 4.42 Å². The standard InChI is InChI=1S/C6H5N3OS/c7-3-1-4-5(8-2-3)9-6(11)10-4/h1-2H,7H2,(H,8,9,11). The fourth-order valence-corrected chi connectivity index (χ4v) is 1.04. The van der Waals surface area contributed by atoms with Crippen molar-refractivity contribution in [2.75, 3.05) is 5.73 Å². The molecule has 56 valence electrons. The number of oxazole rings is 1. The van der Waals surface area contributed by atoms with E-state index in [1.807, 2.05) is 0 Å². The molecule has 0 atom stereocenters. The van der Waals surface area contributed by atoms with Crippen LogP contribution in [0.3, 0.4) is 0 Å². The maximum Gasteiger partial charge on any atom is 0.268 e. The van der Waals surface area contributed by atoms with Crippen molar-refractivity contribution in [2.24, 2.45) is 0 Å². The zero-order valence-corrected chi connectivity index (χ0v) is 6.31. The Kier molecular flexibility index (Phi) is 1.19. The lowest BCUT2D eigenvalue weighted by atomic mass is 10.4. The van der Waals surface area contributed by atoms with Crippen LogP contribution in [0.1, 0.15) is 0 Å². The van der Waals surface area contributed by atoms with Gasteiger partial charge in [-0.3, -0.25) is 4.98 Å². The summed E-state index contributed by atoms with van der Waals surface area (Å²) in [5.41, 5.74) is 7.25. The van der Waals surface area contributed by atoms with Gasteiger partial charge in [0.1, 0.15) is 0 Å². The van der Waals surface area contributed by atoms with Crippen molar-refractivity contribution in [2.45, 2.75) is 0 Å². The fraction of sp³-hybridized carbons (Fsp3) is 0. The monoisotopic (exact) mass is 167 g/mol. The van der Waals surface area contributed by atoms with Crippen LogP contribution in [0.15, 0.2) is 16.7 Å². The molecular weight excluding hydrogens is 162 g/mol. The van der Waals surface area contributed by atoms with Gasteiger partial charge < -0.3 is 10.2 Å². The molecule has 0 aliphatic carbocycles. The Hall–Kier alpha value is -1.36. The minimum atomic E-state index is 0.318. The second-order valence-electron chi connectivity index (χ2n) is 2.13. The number of nitrogens with two attached hydrogens (primary N) is 1. The summed E-state index contributed by atoms with van der Waals surface area (Å²) in [5, 5.41) is 0. The number of nitrogen functional groups attached to an aromatic ring is 1. The van der Waals surface area contributed by atoms with E-state index in [4.69, 9.17) is 22.4 Å². The predicted molar refractivity (Wildman–Crippen MR) is 43.6 cm³/mol. The zero-order valence-electron chi connectivity index (χ0n) is 5.50. The first-order valence-corrected chi connectivity index (χ1v) is 3.41. The minimum Gasteiger partial charge on any atom is -0.428 e. The largest absolute Gasteiger partial charge is 0.428 e. The van der Waals surface area contributed by atoms with E-state index in [9.17, 15) is 0 Å². The lowest BCUT2D eigenvalue weighted by Gasteiger charge is -1.87. The number of nitrogens with one attached hydrogen (secondary N) is 1. The van der Waals surface area contributed by atoms with Gasteiger partial charge in [0.2, 0.25) is 0 Å². The number of pyridine rings is 1. The molecule has 4 nitrogen and oxygen atoms in total. The highest BCUT2D eigenvalue weighted by Gasteiger charge is 1.98. The van der Waals surface area contributed by atoms with Crippen LogP contribution in [0.5, 0.6) is 0 Å². The molecule has 0 aromatic carbocycles. The van der Waals surface area contributed by atoms with Crippen molar-refractivity contribution in [3.63, 3.8) is 0 Å². The summed E-state index contributed by atoms with van der Waals surface area (Å²) >= 11 is 4.75. The Morgan fingerprint density at radius 1 is 1.64 bits per heavy atom. The van der Waals surface area contributed by atoms with Crippen molar-refractivity contribution in [3.8, 4) is 0 Å². The van der Waals surface area contributed by atoms with Gasteiger partial charge in [-0.1, -0.05) is 0 Å². The Morgan fingerprint density at radius 3 is 3.27 bits per heavy atom. The van der Waals surface area contributed by atoms with Gasteiger partial charge in [-0.15, -0.1) is 0 Å². The number of nitrogens with zero attached hydrogens (tertiary/aromatic N) is 1. The van der Waals surface area contributed by atoms with Crippen LogP contribution < -0.4 is 5.73 Å². The average molecular weight is 167 g/mol. The molecule has 11 heavy (non-hydrogen) atoms. The summed E-state index contributed by atoms with van der Waals surface area (Å²) < 4.78 is 5.07. The molecule has 2 aromatic rings. The number of aromatic nitrogens is 2. The summed E-state index contributed by atoms with van der Waals surface area (Å²) in [6.45, 7) is 0. The van der Waals surface area contributed by atoms with Crippen LogP contribution in [-0.2, 0) is 0 Å². The number of hydrogen-bond donors (Lipinski definition) is 2. The van der Waals surface area contributed by atoms with E-state index in [0.717, 1.165) is 0 Å². The van der Waals surface area contributed by atoms with Crippen LogP contribution in [0.4, 0.5) is 5.69 Å². The van der Waals surface area contributed by atoms with Gasteiger partial charge in [0.25, 0.3) is 4.84 Å². The third kappa shape index (κ3) is 0.988. The normalized spacial score (nSPS) is 10.5. The number of aromatic amines is 1. The number of fused-ring (bicyclic) bond motifs is 1. The number of hydrogen-bond acceptors (Lipinski definition) is 4. The average Bonchev–Trinajstić information content (AvgIpc) is 2.27. The molecule has 0 aliphatic heterocycles. The van der Waals surface area contributed by atoms with Crippen LogP contribution in [0, 0.1) is 4.84 Å². The molecule has 5 heteroatoms. The summed E-state index contributed by atoms with van der Waals surface area (Å²) in [4.78, 5) is 7.05. The Labute approximate surface area is 67.0 Å². The zero-order chi connectivity index (χ0) is 7.84. The molecule has 0 saturated carbocycles. The molecule has 2 heterocycles. The molecule has 0 unspecified atom stereocenters. The molecule has 0 amide bonds. The molecular formula is C6H5N3OS. The summed E-state index contributed by atoms with van der Waals surface area (Å²) in [7, 11) is 0. The molecule has 0 fully saturated rings. The third-order valence-corrected chi connectivity index (χ3v) is 1.48. The molecule has 3 N–H and O–H groups in total. The van der Waals surface area contributed by atoms with E-state index in [-0.39, 0.29) is 0 Å².